The Balaban J connectivity index is 1.74. The van der Waals surface area contributed by atoms with Gasteiger partial charge in [-0.3, -0.25) is 9.59 Å². The van der Waals surface area contributed by atoms with Crippen molar-refractivity contribution in [3.63, 3.8) is 0 Å². The van der Waals surface area contributed by atoms with Crippen LogP contribution >= 0.6 is 0 Å². The van der Waals surface area contributed by atoms with Crippen LogP contribution in [0.25, 0.3) is 0 Å². The number of amides is 2. The summed E-state index contributed by atoms with van der Waals surface area (Å²) >= 11 is 0. The molecule has 1 aromatic rings. The summed E-state index contributed by atoms with van der Waals surface area (Å²) in [5.41, 5.74) is 0.374. The molecule has 2 amide bonds. The van der Waals surface area contributed by atoms with E-state index >= 15 is 0 Å². The smallest absolute Gasteiger partial charge is 0.251 e. The van der Waals surface area contributed by atoms with Gasteiger partial charge in [0.25, 0.3) is 5.91 Å². The van der Waals surface area contributed by atoms with Crippen molar-refractivity contribution in [2.75, 3.05) is 45.2 Å². The zero-order valence-corrected chi connectivity index (χ0v) is 16.8. The van der Waals surface area contributed by atoms with E-state index in [4.69, 9.17) is 9.47 Å². The molecule has 28 heavy (non-hydrogen) atoms. The topological polar surface area (TPSA) is 105 Å². The summed E-state index contributed by atoms with van der Waals surface area (Å²) in [6, 6.07) is 4.48. The zero-order valence-electron chi connectivity index (χ0n) is 16.0. The highest BCUT2D eigenvalue weighted by Gasteiger charge is 2.35. The minimum atomic E-state index is -3.84. The molecular weight excluding hydrogens is 386 g/mol. The molecule has 2 heterocycles. The van der Waals surface area contributed by atoms with Crippen molar-refractivity contribution in [3.8, 4) is 5.75 Å². The molecule has 2 saturated heterocycles. The van der Waals surface area contributed by atoms with E-state index in [9.17, 15) is 18.0 Å². The van der Waals surface area contributed by atoms with Crippen molar-refractivity contribution in [3.05, 3.63) is 18.2 Å². The Morgan fingerprint density at radius 3 is 2.50 bits per heavy atom. The van der Waals surface area contributed by atoms with Crippen LogP contribution in [0.1, 0.15) is 19.8 Å². The lowest BCUT2D eigenvalue weighted by atomic mass is 10.2. The quantitative estimate of drug-likeness (QED) is 0.763. The average Bonchev–Trinajstić information content (AvgIpc) is 3.22. The Bertz CT molecular complexity index is 843. The van der Waals surface area contributed by atoms with Gasteiger partial charge in [0, 0.05) is 45.4 Å². The first-order valence-corrected chi connectivity index (χ1v) is 10.6. The molecule has 1 atom stereocenters. The number of carbonyl (C=O) groups excluding carboxylic acids is 2. The molecule has 154 valence electrons. The summed E-state index contributed by atoms with van der Waals surface area (Å²) in [4.78, 5) is 25.4. The monoisotopic (exact) mass is 411 g/mol. The number of carbonyl (C=O) groups is 2. The first-order chi connectivity index (χ1) is 13.3. The van der Waals surface area contributed by atoms with Gasteiger partial charge in [-0.1, -0.05) is 0 Å². The van der Waals surface area contributed by atoms with E-state index in [2.05, 4.69) is 5.32 Å². The third-order valence-corrected chi connectivity index (χ3v) is 6.78. The van der Waals surface area contributed by atoms with Crippen LogP contribution in [0.2, 0.25) is 0 Å². The number of sulfonamides is 1. The van der Waals surface area contributed by atoms with Gasteiger partial charge in [-0.05, 0) is 31.0 Å². The van der Waals surface area contributed by atoms with Crippen LogP contribution in [0.15, 0.2) is 23.1 Å². The van der Waals surface area contributed by atoms with Crippen molar-refractivity contribution in [2.24, 2.45) is 0 Å². The van der Waals surface area contributed by atoms with Gasteiger partial charge in [0.2, 0.25) is 15.9 Å². The van der Waals surface area contributed by atoms with Gasteiger partial charge in [0.1, 0.15) is 16.7 Å². The fourth-order valence-electron chi connectivity index (χ4n) is 3.42. The maximum Gasteiger partial charge on any atom is 0.251 e. The Hall–Kier alpha value is -2.17. The Labute approximate surface area is 164 Å². The molecule has 1 N–H and O–H groups in total. The first kappa shape index (κ1) is 20.6. The highest BCUT2D eigenvalue weighted by Crippen LogP contribution is 2.30. The molecule has 9 nitrogen and oxygen atoms in total. The lowest BCUT2D eigenvalue weighted by molar-refractivity contribution is -0.142. The predicted molar refractivity (Wildman–Crippen MR) is 102 cm³/mol. The van der Waals surface area contributed by atoms with E-state index in [0.717, 1.165) is 6.42 Å². The molecule has 1 unspecified atom stereocenters. The largest absolute Gasteiger partial charge is 0.495 e. The van der Waals surface area contributed by atoms with Gasteiger partial charge in [-0.2, -0.15) is 4.31 Å². The molecule has 2 fully saturated rings. The second-order valence-electron chi connectivity index (χ2n) is 6.78. The van der Waals surface area contributed by atoms with Crippen LogP contribution < -0.4 is 10.1 Å². The molecule has 0 radical (unpaired) electrons. The van der Waals surface area contributed by atoms with Crippen molar-refractivity contribution < 1.29 is 27.5 Å². The summed E-state index contributed by atoms with van der Waals surface area (Å²) < 4.78 is 38.3. The van der Waals surface area contributed by atoms with Crippen LogP contribution in [0.3, 0.4) is 0 Å². The summed E-state index contributed by atoms with van der Waals surface area (Å²) in [6.07, 6.45) is 1.18. The molecule has 0 aliphatic carbocycles. The molecule has 0 spiro atoms. The summed E-state index contributed by atoms with van der Waals surface area (Å²) in [5.74, 6) is -0.165. The second-order valence-corrected chi connectivity index (χ2v) is 8.68. The third kappa shape index (κ3) is 4.29. The SMILES string of the molecule is COc1ccc(NC(C)=O)cc1S(=O)(=O)N1CCN(C(=O)C2CCCO2)CC1. The van der Waals surface area contributed by atoms with Gasteiger partial charge >= 0.3 is 0 Å². The number of rotatable bonds is 5. The fourth-order valence-corrected chi connectivity index (χ4v) is 5.03. The standard InChI is InChI=1S/C18H25N3O6S/c1-13(22)19-14-5-6-15(26-2)17(12-14)28(24,25)21-9-7-20(8-10-21)18(23)16-4-3-11-27-16/h5-6,12,16H,3-4,7-11H2,1-2H3,(H,19,22). The highest BCUT2D eigenvalue weighted by atomic mass is 32.2. The molecule has 0 bridgehead atoms. The maximum atomic E-state index is 13.1. The summed E-state index contributed by atoms with van der Waals surface area (Å²) in [5, 5.41) is 2.58. The normalized spacial score (nSPS) is 20.8. The number of anilines is 1. The predicted octanol–water partition coefficient (Wildman–Crippen LogP) is 0.665. The second kappa shape index (κ2) is 8.46. The number of hydrogen-bond donors (Lipinski definition) is 1. The number of methoxy groups -OCH3 is 1. The van der Waals surface area contributed by atoms with E-state index in [0.29, 0.717) is 31.8 Å². The molecule has 1 aromatic carbocycles. The van der Waals surface area contributed by atoms with E-state index in [1.165, 1.54) is 30.5 Å². The fraction of sp³-hybridized carbons (Fsp3) is 0.556. The minimum absolute atomic E-state index is 0.0137. The Morgan fingerprint density at radius 2 is 1.93 bits per heavy atom. The van der Waals surface area contributed by atoms with Crippen molar-refractivity contribution in [2.45, 2.75) is 30.8 Å². The zero-order chi connectivity index (χ0) is 20.3. The number of nitrogens with one attached hydrogen (secondary N) is 1. The summed E-state index contributed by atoms with van der Waals surface area (Å²) in [7, 11) is -2.45. The van der Waals surface area contributed by atoms with Gasteiger partial charge in [0.05, 0.1) is 7.11 Å². The van der Waals surface area contributed by atoms with Crippen molar-refractivity contribution in [1.82, 2.24) is 9.21 Å². The molecule has 2 aliphatic rings. The lowest BCUT2D eigenvalue weighted by Crippen LogP contribution is -2.52. The number of nitrogens with zero attached hydrogens (tertiary/aromatic N) is 2. The Kier molecular flexibility index (Phi) is 6.21. The van der Waals surface area contributed by atoms with Crippen LogP contribution in [0, 0.1) is 0 Å². The molecule has 3 rings (SSSR count). The van der Waals surface area contributed by atoms with Crippen molar-refractivity contribution >= 4 is 27.5 Å². The third-order valence-electron chi connectivity index (χ3n) is 4.86. The van der Waals surface area contributed by atoms with Crippen LogP contribution in [-0.2, 0) is 24.3 Å². The van der Waals surface area contributed by atoms with Gasteiger partial charge in [-0.25, -0.2) is 8.42 Å². The summed E-state index contributed by atoms with van der Waals surface area (Å²) in [6.45, 7) is 2.94. The number of hydrogen-bond acceptors (Lipinski definition) is 6. The van der Waals surface area contributed by atoms with Crippen molar-refractivity contribution in [1.29, 1.82) is 0 Å². The maximum absolute atomic E-state index is 13.1. The van der Waals surface area contributed by atoms with Crippen LogP contribution in [0.4, 0.5) is 5.69 Å². The van der Waals surface area contributed by atoms with Gasteiger partial charge in [0.15, 0.2) is 0 Å². The first-order valence-electron chi connectivity index (χ1n) is 9.19. The van der Waals surface area contributed by atoms with Crippen LogP contribution in [0.5, 0.6) is 5.75 Å². The number of ether oxygens (including phenoxy) is 2. The van der Waals surface area contributed by atoms with Gasteiger partial charge in [-0.15, -0.1) is 0 Å². The number of benzene rings is 1. The highest BCUT2D eigenvalue weighted by molar-refractivity contribution is 7.89. The lowest BCUT2D eigenvalue weighted by Gasteiger charge is -2.35. The van der Waals surface area contributed by atoms with E-state index < -0.39 is 16.1 Å². The van der Waals surface area contributed by atoms with E-state index in [1.54, 1.807) is 11.0 Å². The molecule has 2 aliphatic heterocycles. The van der Waals surface area contributed by atoms with Gasteiger partial charge < -0.3 is 19.7 Å². The van der Waals surface area contributed by atoms with Crippen LogP contribution in [-0.4, -0.2) is 75.4 Å². The average molecular weight is 411 g/mol. The molecular formula is C18H25N3O6S. The number of piperazine rings is 1. The van der Waals surface area contributed by atoms with E-state index in [1.807, 2.05) is 0 Å². The molecule has 0 aromatic heterocycles. The Morgan fingerprint density at radius 1 is 1.21 bits per heavy atom. The minimum Gasteiger partial charge on any atom is -0.495 e. The molecule has 10 heteroatoms. The van der Waals surface area contributed by atoms with E-state index in [-0.39, 0.29) is 35.5 Å². The molecule has 0 saturated carbocycles.